The van der Waals surface area contributed by atoms with E-state index in [1.54, 1.807) is 16.8 Å². The number of unbranched alkanes of at least 4 members (excludes halogenated alkanes) is 1. The summed E-state index contributed by atoms with van der Waals surface area (Å²) in [6.45, 7) is 4.05. The van der Waals surface area contributed by atoms with Crippen molar-refractivity contribution in [3.63, 3.8) is 0 Å². The molecule has 29 heavy (non-hydrogen) atoms. The molecule has 3 aromatic heterocycles. The van der Waals surface area contributed by atoms with E-state index in [1.165, 1.54) is 11.8 Å². The van der Waals surface area contributed by atoms with Crippen molar-refractivity contribution < 1.29 is 4.52 Å². The number of aryl methyl sites for hydroxylation is 2. The third-order valence-electron chi connectivity index (χ3n) is 4.53. The number of para-hydroxylation sites is 1. The van der Waals surface area contributed by atoms with Gasteiger partial charge in [0.15, 0.2) is 11.0 Å². The van der Waals surface area contributed by atoms with Crippen molar-refractivity contribution in [2.24, 2.45) is 0 Å². The summed E-state index contributed by atoms with van der Waals surface area (Å²) in [6.07, 6.45) is 4.58. The minimum Gasteiger partial charge on any atom is -0.338 e. The van der Waals surface area contributed by atoms with Crippen LogP contribution in [0.25, 0.3) is 16.7 Å². The van der Waals surface area contributed by atoms with Crippen LogP contribution in [0.5, 0.6) is 0 Å². The minimum atomic E-state index is -0.144. The third-order valence-corrected chi connectivity index (χ3v) is 5.45. The Hall–Kier alpha value is -3.00. The second-order valence-electron chi connectivity index (χ2n) is 6.69. The summed E-state index contributed by atoms with van der Waals surface area (Å²) in [5.41, 5.74) is 1.40. The molecule has 0 spiro atoms. The van der Waals surface area contributed by atoms with Gasteiger partial charge in [0, 0.05) is 12.6 Å². The van der Waals surface area contributed by atoms with Gasteiger partial charge in [-0.25, -0.2) is 14.5 Å². The van der Waals surface area contributed by atoms with Gasteiger partial charge < -0.3 is 4.52 Å². The molecule has 0 saturated carbocycles. The van der Waals surface area contributed by atoms with E-state index in [2.05, 4.69) is 22.0 Å². The number of aromatic nitrogens is 5. The van der Waals surface area contributed by atoms with Crippen LogP contribution >= 0.6 is 11.8 Å². The lowest BCUT2D eigenvalue weighted by Crippen LogP contribution is -2.23. The highest BCUT2D eigenvalue weighted by Crippen LogP contribution is 2.24. The number of benzene rings is 1. The van der Waals surface area contributed by atoms with Gasteiger partial charge >= 0.3 is 0 Å². The van der Waals surface area contributed by atoms with E-state index in [9.17, 15) is 4.79 Å². The molecular formula is C21H21N5O2S. The fourth-order valence-corrected chi connectivity index (χ4v) is 3.85. The van der Waals surface area contributed by atoms with Crippen LogP contribution in [0.1, 0.15) is 37.0 Å². The predicted molar refractivity (Wildman–Crippen MR) is 112 cm³/mol. The summed E-state index contributed by atoms with van der Waals surface area (Å²) >= 11 is 1.39. The van der Waals surface area contributed by atoms with Crippen molar-refractivity contribution in [3.8, 4) is 5.82 Å². The number of rotatable bonds is 7. The predicted octanol–water partition coefficient (Wildman–Crippen LogP) is 4.11. The van der Waals surface area contributed by atoms with Crippen LogP contribution in [0.15, 0.2) is 57.1 Å². The minimum absolute atomic E-state index is 0.144. The van der Waals surface area contributed by atoms with E-state index in [1.807, 2.05) is 37.3 Å². The van der Waals surface area contributed by atoms with Gasteiger partial charge in [0.1, 0.15) is 5.82 Å². The van der Waals surface area contributed by atoms with Gasteiger partial charge in [-0.15, -0.1) is 0 Å². The zero-order valence-corrected chi connectivity index (χ0v) is 17.1. The largest absolute Gasteiger partial charge is 0.338 e. The van der Waals surface area contributed by atoms with Crippen LogP contribution in [0.2, 0.25) is 0 Å². The molecule has 0 amide bonds. The number of fused-ring (bicyclic) bond motifs is 1. The van der Waals surface area contributed by atoms with Gasteiger partial charge in [-0.3, -0.25) is 4.79 Å². The van der Waals surface area contributed by atoms with Crippen molar-refractivity contribution in [1.29, 1.82) is 0 Å². The van der Waals surface area contributed by atoms with E-state index < -0.39 is 0 Å². The van der Waals surface area contributed by atoms with Crippen LogP contribution in [-0.4, -0.2) is 24.7 Å². The van der Waals surface area contributed by atoms with Crippen molar-refractivity contribution in [2.75, 3.05) is 0 Å². The first-order chi connectivity index (χ1) is 14.2. The molecule has 0 unspecified atom stereocenters. The first kappa shape index (κ1) is 19.3. The molecule has 0 bridgehead atoms. The molecule has 0 N–H and O–H groups in total. The fraction of sp³-hybridized carbons (Fsp3) is 0.286. The summed E-state index contributed by atoms with van der Waals surface area (Å²) in [7, 11) is 0. The summed E-state index contributed by atoms with van der Waals surface area (Å²) in [5, 5.41) is 5.13. The van der Waals surface area contributed by atoms with Crippen LogP contribution in [0.4, 0.5) is 0 Å². The normalized spacial score (nSPS) is 11.2. The maximum Gasteiger partial charge on any atom is 0.267 e. The Morgan fingerprint density at radius 1 is 1.14 bits per heavy atom. The highest BCUT2D eigenvalue weighted by molar-refractivity contribution is 7.98. The number of hydrogen-bond acceptors (Lipinski definition) is 7. The summed E-state index contributed by atoms with van der Waals surface area (Å²) in [5.74, 6) is 2.24. The summed E-state index contributed by atoms with van der Waals surface area (Å²) in [4.78, 5) is 26.8. The molecule has 0 aliphatic carbocycles. The van der Waals surface area contributed by atoms with E-state index in [-0.39, 0.29) is 5.56 Å². The van der Waals surface area contributed by atoms with E-state index in [0.717, 1.165) is 24.8 Å². The molecule has 7 nitrogen and oxygen atoms in total. The molecule has 0 aliphatic heterocycles. The lowest BCUT2D eigenvalue weighted by Gasteiger charge is -2.13. The van der Waals surface area contributed by atoms with Crippen molar-refractivity contribution in [3.05, 3.63) is 70.2 Å². The van der Waals surface area contributed by atoms with Gasteiger partial charge in [0.05, 0.1) is 16.7 Å². The van der Waals surface area contributed by atoms with Crippen molar-refractivity contribution in [2.45, 2.75) is 44.0 Å². The monoisotopic (exact) mass is 407 g/mol. The quantitative estimate of drug-likeness (QED) is 0.337. The number of nitrogens with zero attached hydrogens (tertiary/aromatic N) is 5. The molecule has 148 valence electrons. The van der Waals surface area contributed by atoms with E-state index in [4.69, 9.17) is 9.51 Å². The van der Waals surface area contributed by atoms with Crippen LogP contribution in [0, 0.1) is 6.92 Å². The standard InChI is InChI=1S/C21H21N5O2S/c1-3-4-11-17-24-18(28-25-17)13-29-21-23-16-10-6-5-9-15(16)20(27)26(21)19-14(2)8-7-12-22-19/h5-10,12H,3-4,11,13H2,1-2H3. The molecule has 3 heterocycles. The zero-order valence-electron chi connectivity index (χ0n) is 16.3. The first-order valence-corrected chi connectivity index (χ1v) is 10.5. The second-order valence-corrected chi connectivity index (χ2v) is 7.64. The SMILES string of the molecule is CCCCc1noc(CSc2nc3ccccc3c(=O)n2-c2ncccc2C)n1. The average molecular weight is 407 g/mol. The Morgan fingerprint density at radius 2 is 2.00 bits per heavy atom. The van der Waals surface area contributed by atoms with Gasteiger partial charge in [0.25, 0.3) is 5.56 Å². The lowest BCUT2D eigenvalue weighted by atomic mass is 10.2. The number of hydrogen-bond donors (Lipinski definition) is 0. The Labute approximate surface area is 172 Å². The highest BCUT2D eigenvalue weighted by atomic mass is 32.2. The Bertz CT molecular complexity index is 1200. The molecule has 0 fully saturated rings. The Balaban J connectivity index is 1.73. The molecule has 4 aromatic rings. The Morgan fingerprint density at radius 3 is 2.83 bits per heavy atom. The molecule has 1 aromatic carbocycles. The maximum absolute atomic E-state index is 13.3. The smallest absolute Gasteiger partial charge is 0.267 e. The van der Waals surface area contributed by atoms with Gasteiger partial charge in [0.2, 0.25) is 5.89 Å². The highest BCUT2D eigenvalue weighted by Gasteiger charge is 2.17. The molecule has 4 rings (SSSR count). The van der Waals surface area contributed by atoms with Gasteiger partial charge in [-0.1, -0.05) is 48.5 Å². The van der Waals surface area contributed by atoms with Crippen molar-refractivity contribution in [1.82, 2.24) is 24.7 Å². The van der Waals surface area contributed by atoms with Crippen molar-refractivity contribution >= 4 is 22.7 Å². The Kier molecular flexibility index (Phi) is 5.71. The molecule has 0 atom stereocenters. The number of thioether (sulfide) groups is 1. The van der Waals surface area contributed by atoms with Crippen LogP contribution in [0.3, 0.4) is 0 Å². The van der Waals surface area contributed by atoms with Gasteiger partial charge in [-0.05, 0) is 37.1 Å². The van der Waals surface area contributed by atoms with E-state index in [0.29, 0.717) is 39.3 Å². The maximum atomic E-state index is 13.3. The molecule has 0 saturated heterocycles. The number of pyridine rings is 1. The molecule has 0 radical (unpaired) electrons. The topological polar surface area (TPSA) is 86.7 Å². The summed E-state index contributed by atoms with van der Waals surface area (Å²) < 4.78 is 6.92. The zero-order chi connectivity index (χ0) is 20.2. The lowest BCUT2D eigenvalue weighted by molar-refractivity contribution is 0.384. The molecule has 8 heteroatoms. The molecular weight excluding hydrogens is 386 g/mol. The van der Waals surface area contributed by atoms with E-state index >= 15 is 0 Å². The summed E-state index contributed by atoms with van der Waals surface area (Å²) in [6, 6.07) is 11.1. The first-order valence-electron chi connectivity index (χ1n) is 9.55. The third kappa shape index (κ3) is 4.07. The van der Waals surface area contributed by atoms with Gasteiger partial charge in [-0.2, -0.15) is 4.98 Å². The van der Waals surface area contributed by atoms with Crippen LogP contribution < -0.4 is 5.56 Å². The van der Waals surface area contributed by atoms with Crippen LogP contribution in [-0.2, 0) is 12.2 Å². The fourth-order valence-electron chi connectivity index (χ4n) is 3.02. The average Bonchev–Trinajstić information content (AvgIpc) is 3.19. The second kappa shape index (κ2) is 8.57. The molecule has 0 aliphatic rings.